The van der Waals surface area contributed by atoms with E-state index in [1.54, 1.807) is 0 Å². The van der Waals surface area contributed by atoms with E-state index < -0.39 is 0 Å². The maximum atomic E-state index is 6.32. The van der Waals surface area contributed by atoms with Crippen molar-refractivity contribution in [2.24, 2.45) is 0 Å². The van der Waals surface area contributed by atoms with Crippen molar-refractivity contribution in [2.75, 3.05) is 31.1 Å². The van der Waals surface area contributed by atoms with Gasteiger partial charge in [0.25, 0.3) is 0 Å². The first-order chi connectivity index (χ1) is 8.36. The molecule has 0 unspecified atom stereocenters. The molecule has 1 saturated heterocycles. The second-order valence-corrected chi connectivity index (χ2v) is 5.05. The summed E-state index contributed by atoms with van der Waals surface area (Å²) in [4.78, 5) is 2.31. The van der Waals surface area contributed by atoms with Crippen LogP contribution in [0.25, 0.3) is 11.0 Å². The Labute approximate surface area is 109 Å². The molecule has 6 heteroatoms. The van der Waals surface area contributed by atoms with Gasteiger partial charge in [0.1, 0.15) is 11.0 Å². The number of benzene rings is 1. The fourth-order valence-electron chi connectivity index (χ4n) is 2.18. The SMILES string of the molecule is Clc1ccc2nsnc2c1N1CCCNCC1. The largest absolute Gasteiger partial charge is 0.367 e. The van der Waals surface area contributed by atoms with Gasteiger partial charge in [0, 0.05) is 19.6 Å². The van der Waals surface area contributed by atoms with Crippen LogP contribution in [-0.2, 0) is 0 Å². The predicted octanol–water partition coefficient (Wildman–Crippen LogP) is 2.14. The summed E-state index contributed by atoms with van der Waals surface area (Å²) >= 11 is 7.57. The van der Waals surface area contributed by atoms with Gasteiger partial charge in [0.05, 0.1) is 22.4 Å². The van der Waals surface area contributed by atoms with E-state index in [1.807, 2.05) is 12.1 Å². The molecule has 1 aliphatic rings. The number of halogens is 1. The fourth-order valence-corrected chi connectivity index (χ4v) is 2.99. The summed E-state index contributed by atoms with van der Waals surface area (Å²) < 4.78 is 8.64. The molecule has 3 rings (SSSR count). The summed E-state index contributed by atoms with van der Waals surface area (Å²) in [6, 6.07) is 3.85. The molecule has 4 nitrogen and oxygen atoms in total. The molecule has 0 atom stereocenters. The first-order valence-electron chi connectivity index (χ1n) is 5.73. The molecule has 90 valence electrons. The molecule has 0 spiro atoms. The maximum Gasteiger partial charge on any atom is 0.129 e. The maximum absolute atomic E-state index is 6.32. The van der Waals surface area contributed by atoms with Gasteiger partial charge in [-0.05, 0) is 25.1 Å². The zero-order chi connectivity index (χ0) is 11.7. The van der Waals surface area contributed by atoms with Crippen molar-refractivity contribution in [3.63, 3.8) is 0 Å². The van der Waals surface area contributed by atoms with E-state index in [0.29, 0.717) is 0 Å². The number of fused-ring (bicyclic) bond motifs is 1. The molecule has 17 heavy (non-hydrogen) atoms. The van der Waals surface area contributed by atoms with Crippen LogP contribution in [0.1, 0.15) is 6.42 Å². The van der Waals surface area contributed by atoms with Gasteiger partial charge < -0.3 is 10.2 Å². The summed E-state index contributed by atoms with van der Waals surface area (Å²) in [6.45, 7) is 4.05. The lowest BCUT2D eigenvalue weighted by molar-refractivity contribution is 0.724. The van der Waals surface area contributed by atoms with E-state index in [9.17, 15) is 0 Å². The minimum atomic E-state index is 0.770. The lowest BCUT2D eigenvalue weighted by Gasteiger charge is -2.23. The number of anilines is 1. The van der Waals surface area contributed by atoms with E-state index in [0.717, 1.165) is 54.3 Å². The molecule has 0 bridgehead atoms. The molecule has 0 aliphatic carbocycles. The fraction of sp³-hybridized carbons (Fsp3) is 0.455. The highest BCUT2D eigenvalue weighted by Gasteiger charge is 2.17. The second-order valence-electron chi connectivity index (χ2n) is 4.12. The zero-order valence-electron chi connectivity index (χ0n) is 9.32. The van der Waals surface area contributed by atoms with Crippen LogP contribution in [0.15, 0.2) is 12.1 Å². The zero-order valence-corrected chi connectivity index (χ0v) is 10.9. The van der Waals surface area contributed by atoms with Crippen molar-refractivity contribution < 1.29 is 0 Å². The van der Waals surface area contributed by atoms with Crippen LogP contribution in [0, 0.1) is 0 Å². The number of rotatable bonds is 1. The van der Waals surface area contributed by atoms with Gasteiger partial charge in [0.2, 0.25) is 0 Å². The third-order valence-corrected chi connectivity index (χ3v) is 3.86. The molecule has 2 heterocycles. The van der Waals surface area contributed by atoms with Gasteiger partial charge in [-0.25, -0.2) is 0 Å². The van der Waals surface area contributed by atoms with E-state index >= 15 is 0 Å². The minimum absolute atomic E-state index is 0.770. The average molecular weight is 269 g/mol. The first kappa shape index (κ1) is 11.2. The Hall–Kier alpha value is -0.910. The van der Waals surface area contributed by atoms with E-state index in [-0.39, 0.29) is 0 Å². The third kappa shape index (κ3) is 2.10. The van der Waals surface area contributed by atoms with Gasteiger partial charge >= 0.3 is 0 Å². The van der Waals surface area contributed by atoms with Crippen LogP contribution < -0.4 is 10.2 Å². The van der Waals surface area contributed by atoms with Gasteiger partial charge in [-0.3, -0.25) is 0 Å². The number of nitrogens with one attached hydrogen (secondary N) is 1. The standard InChI is InChI=1S/C11H13ClN4S/c12-8-2-3-9-10(15-17-14-9)11(8)16-6-1-4-13-5-7-16/h2-3,13H,1,4-7H2. The number of aromatic nitrogens is 2. The van der Waals surface area contributed by atoms with Crippen molar-refractivity contribution in [1.29, 1.82) is 0 Å². The molecule has 1 aromatic carbocycles. The molecule has 0 radical (unpaired) electrons. The van der Waals surface area contributed by atoms with Crippen LogP contribution in [0.4, 0.5) is 5.69 Å². The van der Waals surface area contributed by atoms with Crippen LogP contribution in [0.5, 0.6) is 0 Å². The highest BCUT2D eigenvalue weighted by Crippen LogP contribution is 2.33. The second kappa shape index (κ2) is 4.76. The van der Waals surface area contributed by atoms with Crippen molar-refractivity contribution in [3.05, 3.63) is 17.2 Å². The Morgan fingerprint density at radius 2 is 2.18 bits per heavy atom. The van der Waals surface area contributed by atoms with E-state index in [2.05, 4.69) is 19.0 Å². The van der Waals surface area contributed by atoms with E-state index in [1.165, 1.54) is 11.7 Å². The van der Waals surface area contributed by atoms with Crippen LogP contribution >= 0.6 is 23.3 Å². The predicted molar refractivity (Wildman–Crippen MR) is 72.1 cm³/mol. The smallest absolute Gasteiger partial charge is 0.129 e. The molecular formula is C11H13ClN4S. The van der Waals surface area contributed by atoms with Crippen LogP contribution in [0.2, 0.25) is 5.02 Å². The topological polar surface area (TPSA) is 41.1 Å². The Morgan fingerprint density at radius 1 is 1.24 bits per heavy atom. The third-order valence-electron chi connectivity index (χ3n) is 3.01. The lowest BCUT2D eigenvalue weighted by Crippen LogP contribution is -2.28. The summed E-state index contributed by atoms with van der Waals surface area (Å²) in [6.07, 6.45) is 1.13. The highest BCUT2D eigenvalue weighted by atomic mass is 35.5. The minimum Gasteiger partial charge on any atom is -0.367 e. The van der Waals surface area contributed by atoms with Crippen molar-refractivity contribution in [1.82, 2.24) is 14.1 Å². The highest BCUT2D eigenvalue weighted by molar-refractivity contribution is 7.00. The quantitative estimate of drug-likeness (QED) is 0.860. The Morgan fingerprint density at radius 3 is 3.12 bits per heavy atom. The number of hydrogen-bond donors (Lipinski definition) is 1. The molecule has 1 aliphatic heterocycles. The Bertz CT molecular complexity index is 519. The van der Waals surface area contributed by atoms with Crippen molar-refractivity contribution in [3.8, 4) is 0 Å². The number of nitrogens with zero attached hydrogens (tertiary/aromatic N) is 3. The normalized spacial score (nSPS) is 17.4. The lowest BCUT2D eigenvalue weighted by atomic mass is 10.2. The van der Waals surface area contributed by atoms with Gasteiger partial charge in [-0.15, -0.1) is 0 Å². The van der Waals surface area contributed by atoms with Crippen molar-refractivity contribution >= 4 is 40.0 Å². The molecule has 2 aromatic rings. The summed E-state index contributed by atoms with van der Waals surface area (Å²) in [5.74, 6) is 0. The van der Waals surface area contributed by atoms with Crippen LogP contribution in [0.3, 0.4) is 0 Å². The van der Waals surface area contributed by atoms with Crippen molar-refractivity contribution in [2.45, 2.75) is 6.42 Å². The Kier molecular flexibility index (Phi) is 3.13. The van der Waals surface area contributed by atoms with Gasteiger partial charge in [-0.1, -0.05) is 11.6 Å². The molecule has 1 aromatic heterocycles. The summed E-state index contributed by atoms with van der Waals surface area (Å²) in [5.41, 5.74) is 2.91. The average Bonchev–Trinajstić information content (AvgIpc) is 2.63. The van der Waals surface area contributed by atoms with Crippen LogP contribution in [-0.4, -0.2) is 34.9 Å². The summed E-state index contributed by atoms with van der Waals surface area (Å²) in [5, 5.41) is 4.16. The molecular weight excluding hydrogens is 256 g/mol. The molecule has 0 amide bonds. The number of hydrogen-bond acceptors (Lipinski definition) is 5. The Balaban J connectivity index is 2.07. The van der Waals surface area contributed by atoms with E-state index in [4.69, 9.17) is 11.6 Å². The van der Waals surface area contributed by atoms with Gasteiger partial charge in [0.15, 0.2) is 0 Å². The molecule has 0 saturated carbocycles. The molecule has 1 fully saturated rings. The molecule has 1 N–H and O–H groups in total. The first-order valence-corrected chi connectivity index (χ1v) is 6.83. The monoisotopic (exact) mass is 268 g/mol. The van der Waals surface area contributed by atoms with Gasteiger partial charge in [-0.2, -0.15) is 8.75 Å². The summed E-state index contributed by atoms with van der Waals surface area (Å²) in [7, 11) is 0.